The smallest absolute Gasteiger partial charge is 0.341 e. The van der Waals surface area contributed by atoms with E-state index >= 15 is 0 Å². The number of carbonyl (C=O) groups is 2. The van der Waals surface area contributed by atoms with Crippen molar-refractivity contribution in [3.05, 3.63) is 69.8 Å². The molecule has 0 fully saturated rings. The Morgan fingerprint density at radius 2 is 1.82 bits per heavy atom. The summed E-state index contributed by atoms with van der Waals surface area (Å²) in [5, 5.41) is 18.5. The summed E-state index contributed by atoms with van der Waals surface area (Å²) in [5.41, 5.74) is 2.55. The molecule has 1 heterocycles. The van der Waals surface area contributed by atoms with Gasteiger partial charge in [0.2, 0.25) is 0 Å². The van der Waals surface area contributed by atoms with E-state index in [1.807, 2.05) is 30.4 Å². The predicted octanol–water partition coefficient (Wildman–Crippen LogP) is 4.75. The van der Waals surface area contributed by atoms with Crippen molar-refractivity contribution in [2.75, 3.05) is 6.61 Å². The standard InChI is InChI=1S/C20H14BrNO5.ClH/c21-16-9-12(2-8-18(16)27-11-19(23)24)1-5-15-6-3-13-10-14(20(25)26)4-7-17(13)22-15;/h1-10H,11H2,(H,23,24)(H,25,26);1H/b5-1+;. The minimum absolute atomic E-state index is 0. The van der Waals surface area contributed by atoms with E-state index < -0.39 is 18.5 Å². The van der Waals surface area contributed by atoms with E-state index in [1.165, 1.54) is 6.07 Å². The zero-order valence-corrected chi connectivity index (χ0v) is 16.7. The van der Waals surface area contributed by atoms with Crippen LogP contribution in [0.2, 0.25) is 0 Å². The number of benzene rings is 2. The third-order valence-electron chi connectivity index (χ3n) is 3.71. The summed E-state index contributed by atoms with van der Waals surface area (Å²) in [6.07, 6.45) is 3.70. The molecule has 0 atom stereocenters. The van der Waals surface area contributed by atoms with Gasteiger partial charge in [-0.25, -0.2) is 14.6 Å². The molecule has 0 aliphatic rings. The van der Waals surface area contributed by atoms with Crippen LogP contribution in [0.5, 0.6) is 5.75 Å². The first-order valence-corrected chi connectivity index (χ1v) is 8.68. The van der Waals surface area contributed by atoms with Crippen LogP contribution in [-0.4, -0.2) is 33.7 Å². The molecule has 0 aliphatic carbocycles. The third-order valence-corrected chi connectivity index (χ3v) is 4.33. The summed E-state index contributed by atoms with van der Waals surface area (Å²) in [6, 6.07) is 13.7. The Morgan fingerprint density at radius 3 is 2.50 bits per heavy atom. The molecule has 1 aromatic heterocycles. The second kappa shape index (κ2) is 9.34. The zero-order valence-electron chi connectivity index (χ0n) is 14.3. The highest BCUT2D eigenvalue weighted by Crippen LogP contribution is 2.27. The van der Waals surface area contributed by atoms with E-state index in [9.17, 15) is 9.59 Å². The molecular formula is C20H15BrClNO5. The number of halogens is 2. The van der Waals surface area contributed by atoms with Crippen molar-refractivity contribution < 1.29 is 24.5 Å². The van der Waals surface area contributed by atoms with Gasteiger partial charge in [0.1, 0.15) is 5.75 Å². The number of fused-ring (bicyclic) bond motifs is 1. The van der Waals surface area contributed by atoms with Crippen molar-refractivity contribution in [1.82, 2.24) is 4.98 Å². The van der Waals surface area contributed by atoms with Crippen LogP contribution < -0.4 is 4.74 Å². The first-order valence-electron chi connectivity index (χ1n) is 7.89. The molecule has 144 valence electrons. The minimum Gasteiger partial charge on any atom is -0.481 e. The average molecular weight is 465 g/mol. The van der Waals surface area contributed by atoms with Crippen molar-refractivity contribution in [3.63, 3.8) is 0 Å². The maximum absolute atomic E-state index is 11.0. The Labute approximate surface area is 175 Å². The van der Waals surface area contributed by atoms with Crippen LogP contribution in [-0.2, 0) is 4.79 Å². The predicted molar refractivity (Wildman–Crippen MR) is 112 cm³/mol. The van der Waals surface area contributed by atoms with Crippen LogP contribution in [0.15, 0.2) is 53.0 Å². The SMILES string of the molecule is Cl.O=C(O)COc1ccc(/C=C/c2ccc3cc(C(=O)O)ccc3n2)cc1Br. The molecule has 28 heavy (non-hydrogen) atoms. The van der Waals surface area contributed by atoms with Gasteiger partial charge in [0.15, 0.2) is 6.61 Å². The highest BCUT2D eigenvalue weighted by Gasteiger charge is 2.06. The molecule has 0 saturated carbocycles. The summed E-state index contributed by atoms with van der Waals surface area (Å²) in [5.74, 6) is -1.56. The van der Waals surface area contributed by atoms with Crippen LogP contribution in [0.25, 0.3) is 23.1 Å². The maximum Gasteiger partial charge on any atom is 0.341 e. The molecule has 2 aromatic carbocycles. The highest BCUT2D eigenvalue weighted by atomic mass is 79.9. The van der Waals surface area contributed by atoms with E-state index in [4.69, 9.17) is 14.9 Å². The highest BCUT2D eigenvalue weighted by molar-refractivity contribution is 9.10. The lowest BCUT2D eigenvalue weighted by Gasteiger charge is -2.06. The fourth-order valence-corrected chi connectivity index (χ4v) is 2.94. The number of rotatable bonds is 6. The van der Waals surface area contributed by atoms with Crippen LogP contribution in [0.4, 0.5) is 0 Å². The second-order valence-corrected chi connectivity index (χ2v) is 6.51. The van der Waals surface area contributed by atoms with Crippen molar-refractivity contribution in [1.29, 1.82) is 0 Å². The Hall–Kier alpha value is -2.90. The number of aromatic carboxylic acids is 1. The Kier molecular flexibility index (Phi) is 7.14. The summed E-state index contributed by atoms with van der Waals surface area (Å²) >= 11 is 3.36. The lowest BCUT2D eigenvalue weighted by atomic mass is 10.1. The Morgan fingerprint density at radius 1 is 1.04 bits per heavy atom. The summed E-state index contributed by atoms with van der Waals surface area (Å²) in [6.45, 7) is -0.404. The number of nitrogens with zero attached hydrogens (tertiary/aromatic N) is 1. The fraction of sp³-hybridized carbons (Fsp3) is 0.0500. The molecule has 0 unspecified atom stereocenters. The van der Waals surface area contributed by atoms with Crippen LogP contribution >= 0.6 is 28.3 Å². The molecule has 3 aromatic rings. The molecule has 6 nitrogen and oxygen atoms in total. The number of hydrogen-bond acceptors (Lipinski definition) is 4. The number of aliphatic carboxylic acids is 1. The van der Waals surface area contributed by atoms with Gasteiger partial charge in [-0.15, -0.1) is 12.4 Å². The molecule has 2 N–H and O–H groups in total. The molecular weight excluding hydrogens is 450 g/mol. The summed E-state index contributed by atoms with van der Waals surface area (Å²) in [4.78, 5) is 26.1. The van der Waals surface area contributed by atoms with Gasteiger partial charge >= 0.3 is 11.9 Å². The molecule has 0 aliphatic heterocycles. The van der Waals surface area contributed by atoms with Crippen LogP contribution in [0.3, 0.4) is 0 Å². The quantitative estimate of drug-likeness (QED) is 0.546. The van der Waals surface area contributed by atoms with E-state index in [0.29, 0.717) is 15.7 Å². The van der Waals surface area contributed by atoms with Gasteiger partial charge in [-0.05, 0) is 64.0 Å². The van der Waals surface area contributed by atoms with E-state index in [2.05, 4.69) is 20.9 Å². The summed E-state index contributed by atoms with van der Waals surface area (Å²) < 4.78 is 5.82. The number of pyridine rings is 1. The molecule has 0 radical (unpaired) electrons. The maximum atomic E-state index is 11.0. The van der Waals surface area contributed by atoms with Crippen molar-refractivity contribution in [3.8, 4) is 5.75 Å². The van der Waals surface area contributed by atoms with Gasteiger partial charge in [-0.2, -0.15) is 0 Å². The largest absolute Gasteiger partial charge is 0.481 e. The van der Waals surface area contributed by atoms with Gasteiger partial charge < -0.3 is 14.9 Å². The van der Waals surface area contributed by atoms with Gasteiger partial charge in [-0.1, -0.05) is 18.2 Å². The van der Waals surface area contributed by atoms with Crippen LogP contribution in [0, 0.1) is 0 Å². The zero-order chi connectivity index (χ0) is 19.4. The molecule has 0 spiro atoms. The average Bonchev–Trinajstić information content (AvgIpc) is 2.64. The van der Waals surface area contributed by atoms with Gasteiger partial charge in [-0.3, -0.25) is 0 Å². The summed E-state index contributed by atoms with van der Waals surface area (Å²) in [7, 11) is 0. The number of carboxylic acids is 2. The second-order valence-electron chi connectivity index (χ2n) is 5.65. The van der Waals surface area contributed by atoms with E-state index in [-0.39, 0.29) is 18.0 Å². The van der Waals surface area contributed by atoms with Crippen molar-refractivity contribution >= 4 is 63.3 Å². The lowest BCUT2D eigenvalue weighted by Crippen LogP contribution is -2.09. The number of aromatic nitrogens is 1. The molecule has 3 rings (SSSR count). The van der Waals surface area contributed by atoms with E-state index in [0.717, 1.165) is 16.6 Å². The van der Waals surface area contributed by atoms with Gasteiger partial charge in [0.05, 0.1) is 21.2 Å². The van der Waals surface area contributed by atoms with E-state index in [1.54, 1.807) is 24.3 Å². The van der Waals surface area contributed by atoms with Crippen molar-refractivity contribution in [2.24, 2.45) is 0 Å². The third kappa shape index (κ3) is 5.31. The first kappa shape index (κ1) is 21.4. The Balaban J connectivity index is 0.00000280. The monoisotopic (exact) mass is 463 g/mol. The molecule has 0 amide bonds. The fourth-order valence-electron chi connectivity index (χ4n) is 2.43. The van der Waals surface area contributed by atoms with Gasteiger partial charge in [0, 0.05) is 5.39 Å². The number of ether oxygens (including phenoxy) is 1. The first-order chi connectivity index (χ1) is 12.9. The van der Waals surface area contributed by atoms with Gasteiger partial charge in [0.25, 0.3) is 0 Å². The number of hydrogen-bond donors (Lipinski definition) is 2. The normalized spacial score (nSPS) is 10.6. The van der Waals surface area contributed by atoms with Crippen molar-refractivity contribution in [2.45, 2.75) is 0 Å². The molecule has 0 saturated heterocycles. The van der Waals surface area contributed by atoms with Crippen LogP contribution in [0.1, 0.15) is 21.6 Å². The molecule has 0 bridgehead atoms. The number of carboxylic acid groups (broad SMARTS) is 2. The lowest BCUT2D eigenvalue weighted by molar-refractivity contribution is -0.139. The topological polar surface area (TPSA) is 96.7 Å². The minimum atomic E-state index is -1.04. The molecule has 8 heteroatoms. The Bertz CT molecular complexity index is 1070.